The fraction of sp³-hybridized carbons (Fsp3) is 0.211. The molecule has 134 valence electrons. The highest BCUT2D eigenvalue weighted by Crippen LogP contribution is 2.28. The monoisotopic (exact) mass is 406 g/mol. The first kappa shape index (κ1) is 18.9. The normalized spacial score (nSPS) is 14.2. The quantitative estimate of drug-likeness (QED) is 0.421. The van der Waals surface area contributed by atoms with Crippen molar-refractivity contribution in [1.82, 2.24) is 5.43 Å². The number of amidine groups is 1. The highest BCUT2D eigenvalue weighted by Gasteiger charge is 2.16. The van der Waals surface area contributed by atoms with Crippen LogP contribution >= 0.6 is 34.8 Å². The molecule has 1 aliphatic heterocycles. The van der Waals surface area contributed by atoms with Crippen LogP contribution in [0.5, 0.6) is 0 Å². The maximum absolute atomic E-state index is 6.21. The lowest BCUT2D eigenvalue weighted by Gasteiger charge is -2.08. The minimum atomic E-state index is 0.317. The van der Waals surface area contributed by atoms with Gasteiger partial charge in [-0.3, -0.25) is 10.4 Å². The number of rotatable bonds is 5. The number of benzene rings is 2. The number of nitrogens with zero attached hydrogens (tertiary/aromatic N) is 3. The molecule has 4 nitrogen and oxygen atoms in total. The van der Waals surface area contributed by atoms with Gasteiger partial charge in [-0.25, -0.2) is 4.99 Å². The summed E-state index contributed by atoms with van der Waals surface area (Å²) in [7, 11) is 0. The standard InChI is InChI=1S/C19H17Cl3N4/c20-9-8-15(11-21)25-26-18-12-23-19(13-4-2-1-3-5-13)16-10-14(22)6-7-17(16)24-18/h1-7,10H,8-9,11-12H2,(H,24,26)/b25-15+. The van der Waals surface area contributed by atoms with Crippen LogP contribution in [-0.4, -0.2) is 35.6 Å². The van der Waals surface area contributed by atoms with Crippen molar-refractivity contribution in [2.75, 3.05) is 18.3 Å². The molecule has 0 spiro atoms. The molecule has 3 rings (SSSR count). The summed E-state index contributed by atoms with van der Waals surface area (Å²) in [6.45, 7) is 0.371. The van der Waals surface area contributed by atoms with Gasteiger partial charge in [-0.15, -0.1) is 23.2 Å². The van der Waals surface area contributed by atoms with Gasteiger partial charge in [0.05, 0.1) is 29.5 Å². The molecule has 0 bridgehead atoms. The highest BCUT2D eigenvalue weighted by atomic mass is 35.5. The predicted molar refractivity (Wildman–Crippen MR) is 112 cm³/mol. The van der Waals surface area contributed by atoms with Crippen LogP contribution in [-0.2, 0) is 0 Å². The summed E-state index contributed by atoms with van der Waals surface area (Å²) in [5.74, 6) is 1.42. The first-order valence-electron chi connectivity index (χ1n) is 8.12. The third-order valence-electron chi connectivity index (χ3n) is 3.78. The molecule has 2 aromatic rings. The number of hydrazone groups is 1. The molecule has 2 aromatic carbocycles. The average Bonchev–Trinajstić information content (AvgIpc) is 2.85. The van der Waals surface area contributed by atoms with Crippen LogP contribution in [0.3, 0.4) is 0 Å². The largest absolute Gasteiger partial charge is 0.276 e. The Morgan fingerprint density at radius 3 is 2.65 bits per heavy atom. The number of hydrogen-bond acceptors (Lipinski definition) is 4. The van der Waals surface area contributed by atoms with Crippen molar-refractivity contribution in [2.45, 2.75) is 6.42 Å². The Bertz CT molecular complexity index is 860. The minimum absolute atomic E-state index is 0.317. The van der Waals surface area contributed by atoms with Crippen LogP contribution in [0.15, 0.2) is 63.6 Å². The van der Waals surface area contributed by atoms with Gasteiger partial charge in [0.2, 0.25) is 0 Å². The summed E-state index contributed by atoms with van der Waals surface area (Å²) in [4.78, 5) is 9.42. The fourth-order valence-electron chi connectivity index (χ4n) is 2.52. The number of fused-ring (bicyclic) bond motifs is 1. The third kappa shape index (κ3) is 4.64. The Morgan fingerprint density at radius 1 is 1.12 bits per heavy atom. The molecule has 0 amide bonds. The molecular formula is C19H17Cl3N4. The van der Waals surface area contributed by atoms with E-state index in [-0.39, 0.29) is 0 Å². The number of hydrogen-bond donors (Lipinski definition) is 1. The van der Waals surface area contributed by atoms with E-state index < -0.39 is 0 Å². The van der Waals surface area contributed by atoms with Gasteiger partial charge in [-0.05, 0) is 18.2 Å². The van der Waals surface area contributed by atoms with Crippen molar-refractivity contribution in [1.29, 1.82) is 0 Å². The zero-order valence-electron chi connectivity index (χ0n) is 13.9. The van der Waals surface area contributed by atoms with E-state index >= 15 is 0 Å². The van der Waals surface area contributed by atoms with E-state index in [4.69, 9.17) is 39.8 Å². The lowest BCUT2D eigenvalue weighted by Crippen LogP contribution is -2.23. The summed E-state index contributed by atoms with van der Waals surface area (Å²) < 4.78 is 0. The minimum Gasteiger partial charge on any atom is -0.276 e. The number of aliphatic imine (C=N–C) groups is 2. The second-order valence-corrected chi connectivity index (χ2v) is 6.69. The van der Waals surface area contributed by atoms with E-state index in [1.54, 1.807) is 0 Å². The van der Waals surface area contributed by atoms with Gasteiger partial charge in [0.15, 0.2) is 0 Å². The molecule has 1 aliphatic rings. The van der Waals surface area contributed by atoms with Crippen LogP contribution in [0.1, 0.15) is 17.5 Å². The van der Waals surface area contributed by atoms with Crippen LogP contribution in [0, 0.1) is 0 Å². The van der Waals surface area contributed by atoms with Crippen molar-refractivity contribution in [3.05, 3.63) is 64.7 Å². The maximum atomic E-state index is 6.21. The molecule has 0 unspecified atom stereocenters. The van der Waals surface area contributed by atoms with Gasteiger partial charge >= 0.3 is 0 Å². The van der Waals surface area contributed by atoms with Gasteiger partial charge < -0.3 is 0 Å². The van der Waals surface area contributed by atoms with E-state index in [2.05, 4.69) is 15.5 Å². The first-order chi connectivity index (χ1) is 12.7. The zero-order valence-corrected chi connectivity index (χ0v) is 16.2. The SMILES string of the molecule is ClCC/C(CCl)=N\NC1=Nc2ccc(Cl)cc2C(c2ccccc2)=NC1. The molecule has 0 radical (unpaired) electrons. The Hall–Kier alpha value is -1.88. The van der Waals surface area contributed by atoms with Gasteiger partial charge in [0.25, 0.3) is 0 Å². The number of nitrogens with one attached hydrogen (secondary N) is 1. The molecular weight excluding hydrogens is 391 g/mol. The van der Waals surface area contributed by atoms with Crippen LogP contribution in [0.2, 0.25) is 5.02 Å². The number of alkyl halides is 2. The van der Waals surface area contributed by atoms with Crippen molar-refractivity contribution in [3.63, 3.8) is 0 Å². The predicted octanol–water partition coefficient (Wildman–Crippen LogP) is 5.03. The lowest BCUT2D eigenvalue weighted by atomic mass is 10.0. The van der Waals surface area contributed by atoms with Crippen molar-refractivity contribution in [2.24, 2.45) is 15.1 Å². The molecule has 1 N–H and O–H groups in total. The van der Waals surface area contributed by atoms with Crippen LogP contribution in [0.25, 0.3) is 0 Å². The van der Waals surface area contributed by atoms with Crippen LogP contribution in [0.4, 0.5) is 5.69 Å². The van der Waals surface area contributed by atoms with E-state index in [0.29, 0.717) is 35.6 Å². The van der Waals surface area contributed by atoms with Crippen molar-refractivity contribution in [3.8, 4) is 0 Å². The molecule has 0 aliphatic carbocycles. The molecule has 0 saturated heterocycles. The summed E-state index contributed by atoms with van der Waals surface area (Å²) >= 11 is 17.9. The number of halogens is 3. The lowest BCUT2D eigenvalue weighted by molar-refractivity contribution is 0.976. The Morgan fingerprint density at radius 2 is 1.92 bits per heavy atom. The first-order valence-corrected chi connectivity index (χ1v) is 9.56. The molecule has 7 heteroatoms. The molecule has 0 fully saturated rings. The van der Waals surface area contributed by atoms with Crippen molar-refractivity contribution >= 4 is 57.7 Å². The molecule has 0 saturated carbocycles. The summed E-state index contributed by atoms with van der Waals surface area (Å²) in [5.41, 5.74) is 7.30. The van der Waals surface area contributed by atoms with Crippen molar-refractivity contribution < 1.29 is 0 Å². The topological polar surface area (TPSA) is 49.1 Å². The van der Waals surface area contributed by atoms with E-state index in [1.165, 1.54) is 0 Å². The second kappa shape index (κ2) is 9.17. The van der Waals surface area contributed by atoms with E-state index in [9.17, 15) is 0 Å². The Labute approximate surface area is 167 Å². The van der Waals surface area contributed by atoms with E-state index in [0.717, 1.165) is 28.2 Å². The molecule has 0 atom stereocenters. The van der Waals surface area contributed by atoms with Gasteiger partial charge in [-0.1, -0.05) is 41.9 Å². The third-order valence-corrected chi connectivity index (χ3v) is 4.52. The molecule has 0 aromatic heterocycles. The smallest absolute Gasteiger partial charge is 0.144 e. The zero-order chi connectivity index (χ0) is 18.4. The van der Waals surface area contributed by atoms with Gasteiger partial charge in [0.1, 0.15) is 5.84 Å². The average molecular weight is 408 g/mol. The fourth-order valence-corrected chi connectivity index (χ4v) is 3.11. The van der Waals surface area contributed by atoms with Gasteiger partial charge in [0, 0.05) is 28.5 Å². The molecule has 1 heterocycles. The molecule has 26 heavy (non-hydrogen) atoms. The van der Waals surface area contributed by atoms with Crippen LogP contribution < -0.4 is 5.43 Å². The van der Waals surface area contributed by atoms with Gasteiger partial charge in [-0.2, -0.15) is 5.10 Å². The Kier molecular flexibility index (Phi) is 6.67. The summed E-state index contributed by atoms with van der Waals surface area (Å²) in [5, 5.41) is 4.95. The second-order valence-electron chi connectivity index (χ2n) is 5.61. The van der Waals surface area contributed by atoms with E-state index in [1.807, 2.05) is 48.5 Å². The maximum Gasteiger partial charge on any atom is 0.144 e. The highest BCUT2D eigenvalue weighted by molar-refractivity contribution is 6.31. The summed E-state index contributed by atoms with van der Waals surface area (Å²) in [6, 6.07) is 15.6. The Balaban J connectivity index is 1.97. The summed E-state index contributed by atoms with van der Waals surface area (Å²) in [6.07, 6.45) is 0.621.